The maximum atomic E-state index is 12.3. The molecule has 1 aliphatic rings. The minimum atomic E-state index is -0.401. The topological polar surface area (TPSA) is 44.8 Å². The summed E-state index contributed by atoms with van der Waals surface area (Å²) in [6, 6.07) is 10.9. The van der Waals surface area contributed by atoms with Crippen LogP contribution in [0.25, 0.3) is 0 Å². The van der Waals surface area contributed by atoms with Gasteiger partial charge in [0.15, 0.2) is 11.5 Å². The van der Waals surface area contributed by atoms with E-state index in [1.54, 1.807) is 25.3 Å². The Morgan fingerprint density at radius 2 is 1.61 bits per heavy atom. The van der Waals surface area contributed by atoms with Gasteiger partial charge in [-0.15, -0.1) is 0 Å². The molecule has 0 aliphatic heterocycles. The van der Waals surface area contributed by atoms with Gasteiger partial charge in [-0.05, 0) is 67.1 Å². The molecule has 0 bridgehead atoms. The Kier molecular flexibility index (Phi) is 4.51. The number of hydrogen-bond donors (Lipinski definition) is 0. The number of benzene rings is 2. The molecule has 0 aromatic heterocycles. The van der Waals surface area contributed by atoms with Gasteiger partial charge in [0.2, 0.25) is 0 Å². The number of ether oxygens (including phenoxy) is 3. The van der Waals surface area contributed by atoms with Crippen molar-refractivity contribution in [3.05, 3.63) is 53.1 Å². The molecule has 2 aromatic rings. The molecule has 23 heavy (non-hydrogen) atoms. The number of rotatable bonds is 4. The van der Waals surface area contributed by atoms with Crippen LogP contribution in [0.3, 0.4) is 0 Å². The maximum Gasteiger partial charge on any atom is 0.343 e. The van der Waals surface area contributed by atoms with Crippen LogP contribution in [0.1, 0.15) is 34.3 Å². The van der Waals surface area contributed by atoms with E-state index in [4.69, 9.17) is 14.2 Å². The zero-order valence-electron chi connectivity index (χ0n) is 13.4. The van der Waals surface area contributed by atoms with Gasteiger partial charge in [0.25, 0.3) is 0 Å². The van der Waals surface area contributed by atoms with Crippen LogP contribution in [0.5, 0.6) is 17.2 Å². The van der Waals surface area contributed by atoms with E-state index in [9.17, 15) is 4.79 Å². The molecule has 0 spiro atoms. The highest BCUT2D eigenvalue weighted by Crippen LogP contribution is 2.29. The molecule has 0 unspecified atom stereocenters. The van der Waals surface area contributed by atoms with Crippen LogP contribution in [-0.4, -0.2) is 20.2 Å². The average Bonchev–Trinajstić information content (AvgIpc) is 2.60. The first-order valence-corrected chi connectivity index (χ1v) is 7.77. The summed E-state index contributed by atoms with van der Waals surface area (Å²) in [4.78, 5) is 12.3. The minimum Gasteiger partial charge on any atom is -0.493 e. The number of methoxy groups -OCH3 is 2. The molecule has 3 rings (SSSR count). The highest BCUT2D eigenvalue weighted by Gasteiger charge is 2.15. The van der Waals surface area contributed by atoms with Crippen LogP contribution in [0.2, 0.25) is 0 Å². The van der Waals surface area contributed by atoms with Crippen molar-refractivity contribution < 1.29 is 19.0 Å². The molecule has 0 heterocycles. The molecular weight excluding hydrogens is 292 g/mol. The third-order valence-corrected chi connectivity index (χ3v) is 4.15. The van der Waals surface area contributed by atoms with E-state index in [0.717, 1.165) is 12.8 Å². The van der Waals surface area contributed by atoms with Crippen molar-refractivity contribution in [2.45, 2.75) is 25.7 Å². The number of esters is 1. The predicted octanol–water partition coefficient (Wildman–Crippen LogP) is 3.80. The smallest absolute Gasteiger partial charge is 0.343 e. The molecule has 0 radical (unpaired) electrons. The van der Waals surface area contributed by atoms with Gasteiger partial charge in [-0.3, -0.25) is 0 Å². The van der Waals surface area contributed by atoms with Crippen molar-refractivity contribution in [1.29, 1.82) is 0 Å². The van der Waals surface area contributed by atoms with E-state index in [2.05, 4.69) is 6.07 Å². The molecule has 1 aliphatic carbocycles. The van der Waals surface area contributed by atoms with Crippen LogP contribution in [0.15, 0.2) is 36.4 Å². The van der Waals surface area contributed by atoms with E-state index in [1.807, 2.05) is 12.1 Å². The van der Waals surface area contributed by atoms with Crippen molar-refractivity contribution in [3.8, 4) is 17.2 Å². The normalized spacial score (nSPS) is 13.1. The summed E-state index contributed by atoms with van der Waals surface area (Å²) in [6.45, 7) is 0. The van der Waals surface area contributed by atoms with E-state index in [0.29, 0.717) is 22.8 Å². The maximum absolute atomic E-state index is 12.3. The fraction of sp³-hybridized carbons (Fsp3) is 0.316. The Bertz CT molecular complexity index is 721. The average molecular weight is 312 g/mol. The molecule has 0 saturated carbocycles. The zero-order valence-corrected chi connectivity index (χ0v) is 13.4. The van der Waals surface area contributed by atoms with E-state index >= 15 is 0 Å². The van der Waals surface area contributed by atoms with Gasteiger partial charge in [0.05, 0.1) is 19.8 Å². The number of fused-ring (bicyclic) bond motifs is 1. The first-order chi connectivity index (χ1) is 11.2. The van der Waals surface area contributed by atoms with Crippen molar-refractivity contribution in [2.75, 3.05) is 14.2 Å². The fourth-order valence-corrected chi connectivity index (χ4v) is 2.90. The number of carbonyl (C=O) groups is 1. The quantitative estimate of drug-likeness (QED) is 0.636. The van der Waals surface area contributed by atoms with Crippen molar-refractivity contribution in [1.82, 2.24) is 0 Å². The molecule has 0 fully saturated rings. The summed E-state index contributed by atoms with van der Waals surface area (Å²) in [6.07, 6.45) is 4.59. The van der Waals surface area contributed by atoms with Crippen molar-refractivity contribution >= 4 is 5.97 Å². The summed E-state index contributed by atoms with van der Waals surface area (Å²) in [5, 5.41) is 0. The molecule has 0 atom stereocenters. The van der Waals surface area contributed by atoms with Crippen LogP contribution < -0.4 is 14.2 Å². The molecule has 0 N–H and O–H groups in total. The van der Waals surface area contributed by atoms with Gasteiger partial charge in [0, 0.05) is 0 Å². The Balaban J connectivity index is 1.79. The zero-order chi connectivity index (χ0) is 16.2. The molecule has 2 aromatic carbocycles. The standard InChI is InChI=1S/C19H20O4/c1-21-17-10-8-15(12-18(17)22-2)19(20)23-16-9-7-13-5-3-4-6-14(13)11-16/h7-12H,3-6H2,1-2H3. The Labute approximate surface area is 136 Å². The van der Waals surface area contributed by atoms with Gasteiger partial charge in [0.1, 0.15) is 5.75 Å². The highest BCUT2D eigenvalue weighted by atomic mass is 16.5. The molecule has 120 valence electrons. The summed E-state index contributed by atoms with van der Waals surface area (Å²) < 4.78 is 15.9. The Morgan fingerprint density at radius 1 is 0.870 bits per heavy atom. The highest BCUT2D eigenvalue weighted by molar-refractivity contribution is 5.91. The van der Waals surface area contributed by atoms with E-state index < -0.39 is 5.97 Å². The number of hydrogen-bond acceptors (Lipinski definition) is 4. The summed E-state index contributed by atoms with van der Waals surface area (Å²) >= 11 is 0. The second kappa shape index (κ2) is 6.73. The summed E-state index contributed by atoms with van der Waals surface area (Å²) in [5.41, 5.74) is 3.08. The van der Waals surface area contributed by atoms with Crippen molar-refractivity contribution in [2.24, 2.45) is 0 Å². The SMILES string of the molecule is COc1ccc(C(=O)Oc2ccc3c(c2)CCCC3)cc1OC. The van der Waals surface area contributed by atoms with Gasteiger partial charge in [-0.2, -0.15) is 0 Å². The first kappa shape index (κ1) is 15.4. The Hall–Kier alpha value is -2.49. The van der Waals surface area contributed by atoms with E-state index in [-0.39, 0.29) is 0 Å². The van der Waals surface area contributed by atoms with Crippen LogP contribution in [-0.2, 0) is 12.8 Å². The lowest BCUT2D eigenvalue weighted by Gasteiger charge is -2.16. The second-order valence-electron chi connectivity index (χ2n) is 5.60. The van der Waals surface area contributed by atoms with Gasteiger partial charge in [-0.1, -0.05) is 6.07 Å². The van der Waals surface area contributed by atoms with Crippen LogP contribution in [0, 0.1) is 0 Å². The predicted molar refractivity (Wildman–Crippen MR) is 87.6 cm³/mol. The third-order valence-electron chi connectivity index (χ3n) is 4.15. The van der Waals surface area contributed by atoms with Crippen LogP contribution in [0.4, 0.5) is 0 Å². The molecule has 4 nitrogen and oxygen atoms in total. The van der Waals surface area contributed by atoms with Gasteiger partial charge >= 0.3 is 5.97 Å². The third kappa shape index (κ3) is 3.31. The molecule has 0 amide bonds. The van der Waals surface area contributed by atoms with Crippen LogP contribution >= 0.6 is 0 Å². The fourth-order valence-electron chi connectivity index (χ4n) is 2.90. The Morgan fingerprint density at radius 3 is 2.35 bits per heavy atom. The largest absolute Gasteiger partial charge is 0.493 e. The monoisotopic (exact) mass is 312 g/mol. The second-order valence-corrected chi connectivity index (χ2v) is 5.60. The number of carbonyl (C=O) groups excluding carboxylic acids is 1. The molecular formula is C19H20O4. The van der Waals surface area contributed by atoms with Gasteiger partial charge < -0.3 is 14.2 Å². The summed E-state index contributed by atoms with van der Waals surface area (Å²) in [7, 11) is 3.10. The van der Waals surface area contributed by atoms with Gasteiger partial charge in [-0.25, -0.2) is 4.79 Å². The minimum absolute atomic E-state index is 0.401. The lowest BCUT2D eigenvalue weighted by molar-refractivity contribution is 0.0734. The molecule has 0 saturated heterocycles. The van der Waals surface area contributed by atoms with Crippen molar-refractivity contribution in [3.63, 3.8) is 0 Å². The lowest BCUT2D eigenvalue weighted by atomic mass is 9.92. The number of aryl methyl sites for hydroxylation is 2. The molecule has 4 heteroatoms. The summed E-state index contributed by atoms with van der Waals surface area (Å²) in [5.74, 6) is 1.28. The van der Waals surface area contributed by atoms with E-state index in [1.165, 1.54) is 31.1 Å². The lowest BCUT2D eigenvalue weighted by Crippen LogP contribution is -2.10. The first-order valence-electron chi connectivity index (χ1n) is 7.77.